The summed E-state index contributed by atoms with van der Waals surface area (Å²) in [6.07, 6.45) is 0. The van der Waals surface area contributed by atoms with Crippen molar-refractivity contribution in [3.63, 3.8) is 0 Å². The first-order chi connectivity index (χ1) is 9.06. The van der Waals surface area contributed by atoms with Crippen LogP contribution in [0.2, 0.25) is 0 Å². The second kappa shape index (κ2) is 4.31. The molecule has 1 amide bonds. The van der Waals surface area contributed by atoms with Crippen molar-refractivity contribution in [3.05, 3.63) is 23.9 Å². The van der Waals surface area contributed by atoms with Crippen molar-refractivity contribution in [3.8, 4) is 11.3 Å². The van der Waals surface area contributed by atoms with Crippen LogP contribution in [-0.2, 0) is 4.79 Å². The lowest BCUT2D eigenvalue weighted by atomic mass is 10.1. The van der Waals surface area contributed by atoms with Gasteiger partial charge < -0.3 is 11.1 Å². The number of hydrogen-bond acceptors (Lipinski definition) is 4. The molecular formula is C13H14N4OS. The van der Waals surface area contributed by atoms with Crippen LogP contribution < -0.4 is 11.1 Å². The highest BCUT2D eigenvalue weighted by Gasteiger charge is 2.23. The number of carbonyl (C=O) groups excluding carboxylic acids is 1. The first-order valence-corrected chi connectivity index (χ1v) is 6.86. The van der Waals surface area contributed by atoms with Crippen molar-refractivity contribution in [2.45, 2.75) is 24.0 Å². The van der Waals surface area contributed by atoms with E-state index >= 15 is 0 Å². The third kappa shape index (κ3) is 1.98. The van der Waals surface area contributed by atoms with Crippen LogP contribution >= 0.6 is 11.8 Å². The molecule has 3 rings (SSSR count). The van der Waals surface area contributed by atoms with Gasteiger partial charge in [0.15, 0.2) is 0 Å². The number of nitrogens with one attached hydrogen (secondary N) is 2. The van der Waals surface area contributed by atoms with Gasteiger partial charge in [-0.3, -0.25) is 9.89 Å². The van der Waals surface area contributed by atoms with Gasteiger partial charge in [0, 0.05) is 10.5 Å². The Morgan fingerprint density at radius 1 is 1.42 bits per heavy atom. The van der Waals surface area contributed by atoms with E-state index in [4.69, 9.17) is 5.73 Å². The third-order valence-corrected chi connectivity index (χ3v) is 4.36. The molecule has 0 saturated heterocycles. The lowest BCUT2D eigenvalue weighted by Gasteiger charge is -2.21. The Bertz CT molecular complexity index is 665. The van der Waals surface area contributed by atoms with Crippen LogP contribution in [0.3, 0.4) is 0 Å². The zero-order valence-corrected chi connectivity index (χ0v) is 11.5. The number of thioether (sulfide) groups is 1. The van der Waals surface area contributed by atoms with Gasteiger partial charge in [0.2, 0.25) is 5.91 Å². The van der Waals surface area contributed by atoms with Crippen LogP contribution in [-0.4, -0.2) is 21.4 Å². The van der Waals surface area contributed by atoms with Gasteiger partial charge in [-0.25, -0.2) is 0 Å². The van der Waals surface area contributed by atoms with Gasteiger partial charge in [-0.2, -0.15) is 5.10 Å². The van der Waals surface area contributed by atoms with Gasteiger partial charge in [0.25, 0.3) is 0 Å². The summed E-state index contributed by atoms with van der Waals surface area (Å²) in [7, 11) is 0. The Morgan fingerprint density at radius 3 is 2.89 bits per heavy atom. The molecule has 4 N–H and O–H groups in total. The fraction of sp³-hybridized carbons (Fsp3) is 0.231. The quantitative estimate of drug-likeness (QED) is 0.745. The first-order valence-electron chi connectivity index (χ1n) is 5.98. The van der Waals surface area contributed by atoms with E-state index < -0.39 is 0 Å². The number of H-pyrrole nitrogens is 1. The highest BCUT2D eigenvalue weighted by Crippen LogP contribution is 2.38. The van der Waals surface area contributed by atoms with Crippen molar-refractivity contribution in [1.29, 1.82) is 0 Å². The average molecular weight is 274 g/mol. The standard InChI is InChI=1S/C13H14N4OS/c1-6-11(14)12(17-16-6)8-3-4-10-9(5-8)15-13(18)7(2)19-10/h3-5,7H,14H2,1-2H3,(H,15,18)(H,16,17). The fourth-order valence-corrected chi connectivity index (χ4v) is 2.94. The normalized spacial score (nSPS) is 18.0. The number of aromatic amines is 1. The number of nitrogen functional groups attached to an aromatic ring is 1. The number of aryl methyl sites for hydroxylation is 1. The van der Waals surface area contributed by atoms with Crippen LogP contribution in [0.5, 0.6) is 0 Å². The molecule has 1 atom stereocenters. The van der Waals surface area contributed by atoms with Crippen molar-refractivity contribution in [1.82, 2.24) is 10.2 Å². The van der Waals surface area contributed by atoms with E-state index in [1.54, 1.807) is 11.8 Å². The van der Waals surface area contributed by atoms with E-state index in [-0.39, 0.29) is 11.2 Å². The first kappa shape index (κ1) is 12.1. The van der Waals surface area contributed by atoms with E-state index in [0.717, 1.165) is 27.5 Å². The number of amides is 1. The van der Waals surface area contributed by atoms with E-state index in [1.807, 2.05) is 32.0 Å². The van der Waals surface area contributed by atoms with Gasteiger partial charge in [-0.15, -0.1) is 11.8 Å². The Balaban J connectivity index is 2.05. The predicted octanol–water partition coefficient (Wildman–Crippen LogP) is 2.40. The number of fused-ring (bicyclic) bond motifs is 1. The van der Waals surface area contributed by atoms with Crippen LogP contribution in [0.25, 0.3) is 11.3 Å². The summed E-state index contributed by atoms with van der Waals surface area (Å²) in [6, 6.07) is 5.88. The maximum absolute atomic E-state index is 11.7. The van der Waals surface area contributed by atoms with Gasteiger partial charge in [-0.1, -0.05) is 6.07 Å². The number of anilines is 2. The fourth-order valence-electron chi connectivity index (χ4n) is 2.01. The van der Waals surface area contributed by atoms with Crippen LogP contribution in [0.15, 0.2) is 23.1 Å². The molecule has 2 heterocycles. The zero-order chi connectivity index (χ0) is 13.6. The largest absolute Gasteiger partial charge is 0.395 e. The topological polar surface area (TPSA) is 83.8 Å². The number of aromatic nitrogens is 2. The van der Waals surface area contributed by atoms with Crippen LogP contribution in [0, 0.1) is 6.92 Å². The monoisotopic (exact) mass is 274 g/mol. The molecule has 1 aromatic carbocycles. The lowest BCUT2D eigenvalue weighted by molar-refractivity contribution is -0.115. The van der Waals surface area contributed by atoms with Crippen LogP contribution in [0.1, 0.15) is 12.6 Å². The summed E-state index contributed by atoms with van der Waals surface area (Å²) < 4.78 is 0. The van der Waals surface area contributed by atoms with Gasteiger partial charge >= 0.3 is 0 Å². The predicted molar refractivity (Wildman–Crippen MR) is 77.1 cm³/mol. The highest BCUT2D eigenvalue weighted by atomic mass is 32.2. The average Bonchev–Trinajstić information content (AvgIpc) is 2.71. The minimum absolute atomic E-state index is 0.0285. The van der Waals surface area contributed by atoms with Crippen LogP contribution in [0.4, 0.5) is 11.4 Å². The van der Waals surface area contributed by atoms with Gasteiger partial charge in [0.05, 0.1) is 22.3 Å². The zero-order valence-electron chi connectivity index (χ0n) is 10.7. The van der Waals surface area contributed by atoms with Crippen molar-refractivity contribution in [2.75, 3.05) is 11.1 Å². The Hall–Kier alpha value is -1.95. The molecule has 0 bridgehead atoms. The van der Waals surface area contributed by atoms with E-state index in [9.17, 15) is 4.79 Å². The van der Waals surface area contributed by atoms with Crippen molar-refractivity contribution < 1.29 is 4.79 Å². The summed E-state index contributed by atoms with van der Waals surface area (Å²) >= 11 is 1.56. The number of hydrogen-bond donors (Lipinski definition) is 3. The molecule has 19 heavy (non-hydrogen) atoms. The molecule has 0 radical (unpaired) electrons. The Morgan fingerprint density at radius 2 is 2.21 bits per heavy atom. The smallest absolute Gasteiger partial charge is 0.237 e. The SMILES string of the molecule is Cc1[nH]nc(-c2ccc3c(c2)NC(=O)C(C)S3)c1N. The number of carbonyl (C=O) groups is 1. The van der Waals surface area contributed by atoms with Gasteiger partial charge in [-0.05, 0) is 26.0 Å². The van der Waals surface area contributed by atoms with E-state index in [1.165, 1.54) is 0 Å². The second-order valence-electron chi connectivity index (χ2n) is 4.57. The molecule has 1 unspecified atom stereocenters. The molecule has 0 aliphatic carbocycles. The maximum atomic E-state index is 11.7. The van der Waals surface area contributed by atoms with Crippen molar-refractivity contribution in [2.24, 2.45) is 0 Å². The molecule has 0 fully saturated rings. The Labute approximate surface area is 115 Å². The third-order valence-electron chi connectivity index (χ3n) is 3.18. The lowest BCUT2D eigenvalue weighted by Crippen LogP contribution is -2.26. The highest BCUT2D eigenvalue weighted by molar-refractivity contribution is 8.00. The Kier molecular flexibility index (Phi) is 2.74. The molecule has 0 spiro atoms. The van der Waals surface area contributed by atoms with Crippen molar-refractivity contribution >= 4 is 29.0 Å². The molecule has 1 aliphatic rings. The minimum Gasteiger partial charge on any atom is -0.395 e. The molecular weight excluding hydrogens is 260 g/mol. The summed E-state index contributed by atoms with van der Waals surface area (Å²) in [5.41, 5.74) is 9.91. The molecule has 1 aliphatic heterocycles. The number of nitrogens with zero attached hydrogens (tertiary/aromatic N) is 1. The molecule has 0 saturated carbocycles. The number of rotatable bonds is 1. The van der Waals surface area contributed by atoms with E-state index in [0.29, 0.717) is 5.69 Å². The summed E-state index contributed by atoms with van der Waals surface area (Å²) in [6.45, 7) is 3.77. The molecule has 6 heteroatoms. The molecule has 98 valence electrons. The molecule has 5 nitrogen and oxygen atoms in total. The second-order valence-corrected chi connectivity index (χ2v) is 5.95. The summed E-state index contributed by atoms with van der Waals surface area (Å²) in [5, 5.41) is 9.91. The molecule has 2 aromatic rings. The molecule has 1 aromatic heterocycles. The van der Waals surface area contributed by atoms with E-state index in [2.05, 4.69) is 15.5 Å². The van der Waals surface area contributed by atoms with Gasteiger partial charge in [0.1, 0.15) is 5.69 Å². The number of nitrogens with two attached hydrogens (primary N) is 1. The summed E-state index contributed by atoms with van der Waals surface area (Å²) in [5.74, 6) is 0.0285. The summed E-state index contributed by atoms with van der Waals surface area (Å²) in [4.78, 5) is 12.8. The number of benzene rings is 1. The minimum atomic E-state index is -0.0592. The maximum Gasteiger partial charge on any atom is 0.237 e.